The standard InChI is InChI=1S/4C19H22FN3O.4CH3F.4CH4/c4*1-10(2)16-12-7-8-13(16)17-11(12)5-4-6-15(17)21-19(24)14-9-23(3)22-18(14)20;4*1-2;;;;/h4*4-6,9-10,12-13,16H,7-8H2,1-3H3,(H,21,24);4*1H3;4*1H4. The molecule has 108 heavy (non-hydrogen) atoms. The summed E-state index contributed by atoms with van der Waals surface area (Å²) in [5.74, 6) is 4.78. The predicted molar refractivity (Wildman–Crippen MR) is 417 cm³/mol. The smallest absolute Gasteiger partial charge is 0.261 e. The molecule has 8 aliphatic carbocycles. The van der Waals surface area contributed by atoms with Gasteiger partial charge in [-0.05, 0) is 215 Å². The number of carbonyl (C=O) groups is 4. The molecule has 8 bridgehead atoms. The second-order valence-electron chi connectivity index (χ2n) is 29.5. The van der Waals surface area contributed by atoms with Gasteiger partial charge in [0.25, 0.3) is 23.6 Å². The number of benzene rings is 4. The number of halogens is 8. The van der Waals surface area contributed by atoms with E-state index < -0.39 is 47.4 Å². The van der Waals surface area contributed by atoms with E-state index in [-0.39, 0.29) is 52.0 Å². The van der Waals surface area contributed by atoms with Crippen LogP contribution >= 0.6 is 0 Å². The van der Waals surface area contributed by atoms with Crippen molar-refractivity contribution in [2.75, 3.05) is 50.0 Å². The Kier molecular flexibility index (Phi) is 31.9. The van der Waals surface area contributed by atoms with E-state index >= 15 is 0 Å². The summed E-state index contributed by atoms with van der Waals surface area (Å²) in [5, 5.41) is 26.1. The number of fused-ring (bicyclic) bond motifs is 20. The van der Waals surface area contributed by atoms with E-state index in [9.17, 15) is 54.3 Å². The highest BCUT2D eigenvalue weighted by Crippen LogP contribution is 2.65. The average molecular weight is 1510 g/mol. The van der Waals surface area contributed by atoms with Crippen LogP contribution in [0.4, 0.5) is 57.9 Å². The van der Waals surface area contributed by atoms with E-state index in [0.717, 1.165) is 22.7 Å². The molecule has 0 radical (unpaired) electrons. The van der Waals surface area contributed by atoms with Crippen molar-refractivity contribution in [3.8, 4) is 0 Å². The molecule has 0 spiro atoms. The Morgan fingerprint density at radius 2 is 0.481 bits per heavy atom. The maximum absolute atomic E-state index is 13.8. The molecule has 592 valence electrons. The molecule has 0 aliphatic heterocycles. The van der Waals surface area contributed by atoms with Crippen LogP contribution in [0.25, 0.3) is 0 Å². The number of anilines is 4. The molecule has 4 saturated carbocycles. The zero-order chi connectivity index (χ0) is 76.0. The maximum Gasteiger partial charge on any atom is 0.261 e. The van der Waals surface area contributed by atoms with Crippen LogP contribution in [0.2, 0.25) is 0 Å². The van der Waals surface area contributed by atoms with E-state index in [1.807, 2.05) is 48.5 Å². The Morgan fingerprint density at radius 1 is 0.315 bits per heavy atom. The highest BCUT2D eigenvalue weighted by Gasteiger charge is 2.52. The number of aryl methyl sites for hydroxylation is 4. The molecule has 8 aliphatic rings. The van der Waals surface area contributed by atoms with Crippen LogP contribution in [0.3, 0.4) is 0 Å². The van der Waals surface area contributed by atoms with Crippen LogP contribution in [0.1, 0.15) is 270 Å². The van der Waals surface area contributed by atoms with Crippen LogP contribution in [0, 0.1) is 71.1 Å². The van der Waals surface area contributed by atoms with Crippen molar-refractivity contribution in [2.45, 2.75) is 184 Å². The van der Waals surface area contributed by atoms with Gasteiger partial charge in [0.2, 0.25) is 23.8 Å². The number of carbonyl (C=O) groups excluding carboxylic acids is 4. The van der Waals surface area contributed by atoms with Crippen molar-refractivity contribution >= 4 is 46.4 Å². The van der Waals surface area contributed by atoms with Gasteiger partial charge in [0.1, 0.15) is 22.3 Å². The number of rotatable bonds is 12. The van der Waals surface area contributed by atoms with E-state index in [1.54, 1.807) is 28.2 Å². The Morgan fingerprint density at radius 3 is 0.630 bits per heavy atom. The van der Waals surface area contributed by atoms with Gasteiger partial charge in [-0.1, -0.05) is 134 Å². The highest BCUT2D eigenvalue weighted by atomic mass is 19.2. The molecule has 16 nitrogen and oxygen atoms in total. The number of hydrogen-bond donors (Lipinski definition) is 4. The molecule has 0 saturated heterocycles. The largest absolute Gasteiger partial charge is 0.322 e. The van der Waals surface area contributed by atoms with Crippen molar-refractivity contribution in [3.05, 3.63) is 188 Å². The number of hydrogen-bond acceptors (Lipinski definition) is 8. The number of nitrogens with zero attached hydrogens (tertiary/aromatic N) is 8. The summed E-state index contributed by atoms with van der Waals surface area (Å²) in [6.45, 7) is 18.3. The van der Waals surface area contributed by atoms with Gasteiger partial charge >= 0.3 is 0 Å². The quantitative estimate of drug-likeness (QED) is 0.0870. The first-order chi connectivity index (χ1) is 49.9. The third kappa shape index (κ3) is 17.4. The summed E-state index contributed by atoms with van der Waals surface area (Å²) >= 11 is 0. The lowest BCUT2D eigenvalue weighted by molar-refractivity contribution is 0.101. The Hall–Kier alpha value is -8.96. The number of nitrogens with one attached hydrogen (secondary N) is 4. The minimum absolute atomic E-state index is 0. The van der Waals surface area contributed by atoms with Gasteiger partial charge < -0.3 is 21.3 Å². The van der Waals surface area contributed by atoms with Gasteiger partial charge in [0.05, 0.1) is 28.7 Å². The van der Waals surface area contributed by atoms with Crippen molar-refractivity contribution in [2.24, 2.45) is 75.5 Å². The predicted octanol–water partition coefficient (Wildman–Crippen LogP) is 21.1. The molecular formula is C84H116F8N12O4. The number of alkyl halides is 4. The first kappa shape index (κ1) is 89.7. The lowest BCUT2D eigenvalue weighted by Gasteiger charge is -2.21. The molecule has 4 fully saturated rings. The van der Waals surface area contributed by atoms with E-state index in [1.165, 1.54) is 139 Å². The second kappa shape index (κ2) is 38.4. The molecule has 24 heteroatoms. The lowest BCUT2D eigenvalue weighted by Crippen LogP contribution is -2.16. The summed E-state index contributed by atoms with van der Waals surface area (Å²) < 4.78 is 98.3. The molecule has 4 N–H and O–H groups in total. The summed E-state index contributed by atoms with van der Waals surface area (Å²) in [6, 6.07) is 24.5. The van der Waals surface area contributed by atoms with Crippen molar-refractivity contribution < 1.29 is 54.3 Å². The second-order valence-corrected chi connectivity index (χ2v) is 29.5. The summed E-state index contributed by atoms with van der Waals surface area (Å²) in [4.78, 5) is 49.9. The van der Waals surface area contributed by atoms with Crippen LogP contribution in [0.5, 0.6) is 0 Å². The molecule has 12 atom stereocenters. The average Bonchev–Trinajstić information content (AvgIpc) is 1.60. The fourth-order valence-electron chi connectivity index (χ4n) is 19.5. The summed E-state index contributed by atoms with van der Waals surface area (Å²) in [6.07, 6.45) is 15.3. The van der Waals surface area contributed by atoms with Crippen molar-refractivity contribution in [1.82, 2.24) is 39.1 Å². The van der Waals surface area contributed by atoms with Gasteiger partial charge in [0, 0.05) is 75.7 Å². The van der Waals surface area contributed by atoms with Crippen LogP contribution in [0.15, 0.2) is 97.6 Å². The fourth-order valence-corrected chi connectivity index (χ4v) is 19.5. The summed E-state index contributed by atoms with van der Waals surface area (Å²) in [5.41, 5.74) is 13.8. The van der Waals surface area contributed by atoms with Gasteiger partial charge in [0.15, 0.2) is 0 Å². The lowest BCUT2D eigenvalue weighted by atomic mass is 9.85. The Bertz CT molecular complexity index is 3810. The number of amides is 4. The molecule has 8 aromatic rings. The zero-order valence-corrected chi connectivity index (χ0v) is 62.4. The van der Waals surface area contributed by atoms with Crippen LogP contribution in [-0.4, -0.2) is 91.5 Å². The topological polar surface area (TPSA) is 188 Å². The molecular weight excluding hydrogens is 1390 g/mol. The monoisotopic (exact) mass is 1510 g/mol. The van der Waals surface area contributed by atoms with E-state index in [2.05, 4.69) is 121 Å². The van der Waals surface area contributed by atoms with Crippen LogP contribution < -0.4 is 21.3 Å². The van der Waals surface area contributed by atoms with Gasteiger partial charge in [-0.15, -0.1) is 20.4 Å². The minimum atomic E-state index is -0.732. The molecule has 4 aromatic carbocycles. The highest BCUT2D eigenvalue weighted by molar-refractivity contribution is 6.07. The van der Waals surface area contributed by atoms with E-state index in [0.29, 0.717) is 123 Å². The van der Waals surface area contributed by atoms with Gasteiger partial charge in [-0.2, -0.15) is 17.6 Å². The Balaban J connectivity index is 0.000000247. The van der Waals surface area contributed by atoms with Gasteiger partial charge in [-0.25, -0.2) is 0 Å². The maximum atomic E-state index is 13.8. The molecule has 4 amide bonds. The fraction of sp³-hybridized carbons (Fsp3) is 0.524. The molecule has 16 rings (SSSR count). The molecule has 4 heterocycles. The minimum Gasteiger partial charge on any atom is -0.322 e. The number of aromatic nitrogens is 8. The van der Waals surface area contributed by atoms with E-state index in [4.69, 9.17) is 0 Å². The van der Waals surface area contributed by atoms with Crippen molar-refractivity contribution in [3.63, 3.8) is 0 Å². The zero-order valence-electron chi connectivity index (χ0n) is 62.4. The first-order valence-corrected chi connectivity index (χ1v) is 35.9. The third-order valence-corrected chi connectivity index (χ3v) is 22.7. The molecule has 12 unspecified atom stereocenters. The van der Waals surface area contributed by atoms with Gasteiger partial charge in [-0.3, -0.25) is 55.5 Å². The summed E-state index contributed by atoms with van der Waals surface area (Å²) in [7, 11) is 8.41. The third-order valence-electron chi connectivity index (χ3n) is 22.7. The van der Waals surface area contributed by atoms with Crippen LogP contribution in [-0.2, 0) is 28.2 Å². The van der Waals surface area contributed by atoms with Crippen molar-refractivity contribution in [1.29, 1.82) is 0 Å². The molecule has 4 aromatic heterocycles. The normalized spacial score (nSPS) is 22.0. The Labute approximate surface area is 634 Å². The first-order valence-electron chi connectivity index (χ1n) is 35.9. The SMILES string of the molecule is C.C.C.C.CC(C)C1C2CCC1c1c(NC(=O)c3cn(C)nc3F)cccc12.CC(C)C1C2CCC1c1c(NC(=O)c3cn(C)nc3F)cccc12.CC(C)C1C2CCC1c1c(NC(=O)c3cn(C)nc3F)cccc12.CC(C)C1C2CCC1c1c(NC(=O)c3cn(C)nc3F)cccc12.CF.CF.CF.CF.